The second kappa shape index (κ2) is 76.4. The zero-order chi connectivity index (χ0) is 100. The second-order valence-electron chi connectivity index (χ2n) is 39.9. The molecule has 0 amide bonds. The summed E-state index contributed by atoms with van der Waals surface area (Å²) in [5.41, 5.74) is 0.683. The number of carbonyl (C=O) groups excluding carboxylic acids is 9. The van der Waals surface area contributed by atoms with Crippen molar-refractivity contribution in [3.05, 3.63) is 0 Å². The largest absolute Gasteiger partial charge is 0.465 e. The van der Waals surface area contributed by atoms with Crippen molar-refractivity contribution in [2.75, 3.05) is 261 Å². The van der Waals surface area contributed by atoms with E-state index in [2.05, 4.69) is 74.0 Å². The number of methoxy groups -OCH3 is 6. The van der Waals surface area contributed by atoms with E-state index in [9.17, 15) is 43.2 Å². The number of hydrogen-bond donors (Lipinski definition) is 0. The van der Waals surface area contributed by atoms with Gasteiger partial charge in [0.05, 0.1) is 148 Å². The third-order valence-corrected chi connectivity index (χ3v) is 24.1. The predicted molar refractivity (Wildman–Crippen MR) is 510 cm³/mol. The summed E-state index contributed by atoms with van der Waals surface area (Å²) in [5, 5.41) is 0. The Kier molecular flexibility index (Phi) is 72.2. The first-order valence-corrected chi connectivity index (χ1v) is 50.2. The molecule has 9 aliphatic heterocycles. The summed E-state index contributed by atoms with van der Waals surface area (Å²) in [4.78, 5) is 101. The molecule has 0 unspecified atom stereocenters. The van der Waals surface area contributed by atoms with Crippen LogP contribution in [0.2, 0.25) is 0 Å². The summed E-state index contributed by atoms with van der Waals surface area (Å²) in [6.07, 6.45) is 30.2. The van der Waals surface area contributed by atoms with Crippen LogP contribution in [0.1, 0.15) is 295 Å². The molecule has 0 atom stereocenters. The van der Waals surface area contributed by atoms with Gasteiger partial charge >= 0.3 is 53.7 Å². The van der Waals surface area contributed by atoms with Gasteiger partial charge in [-0.05, 0) is 83.5 Å². The average molecular weight is 1940 g/mol. The van der Waals surface area contributed by atoms with Crippen LogP contribution in [-0.4, -0.2) is 314 Å². The van der Waals surface area contributed by atoms with Crippen molar-refractivity contribution >= 4 is 53.7 Å². The van der Waals surface area contributed by atoms with Crippen LogP contribution in [0.5, 0.6) is 0 Å². The minimum atomic E-state index is -0.314. The number of carbonyl (C=O) groups is 9. The van der Waals surface area contributed by atoms with Crippen molar-refractivity contribution in [2.24, 2.45) is 48.7 Å². The number of rotatable bonds is 63. The fourth-order valence-electron chi connectivity index (χ4n) is 13.2. The molecule has 135 heavy (non-hydrogen) atoms. The van der Waals surface area contributed by atoms with Crippen LogP contribution in [0.3, 0.4) is 0 Å². The molecule has 33 heteroatoms. The Bertz CT molecular complexity index is 3020. The van der Waals surface area contributed by atoms with Gasteiger partial charge in [-0.1, -0.05) is 160 Å². The van der Waals surface area contributed by atoms with Crippen LogP contribution in [-0.2, 0) is 157 Å². The highest BCUT2D eigenvalue weighted by atomic mass is 16.6. The van der Waals surface area contributed by atoms with Gasteiger partial charge < -0.3 is 114 Å². The number of unbranched alkanes of at least 4 members (excludes halogenated alkanes) is 15. The molecular formula is C102H186O33. The molecule has 0 aromatic rings. The van der Waals surface area contributed by atoms with Crippen molar-refractivity contribution in [3.8, 4) is 0 Å². The molecule has 9 saturated heterocycles. The standard InChI is InChI=1S/C14H26O3.C13H24O4.C13H24O3.C12H22O4.C12H22O3.C11H20O4.C10H18O4.C9H16O4.C8H14O4/c1-3-5-6-7-8-9-13(15)17-12-14(4-2)10-16-11-14;1-13(9-16-10-13)11-17-12(14)7-5-3-4-6-8-15-2;1-3-5-6-7-8-12(14)16-11-13(4-2)9-15-10-13;1-12(8-15-9-12)10-16-11(13)6-4-3-5-7-14-2;1-3-5-6-7-11(13)15-10-12(4-2)8-14-9-12;1-11(7-14-8-11)9-15-10(12)5-3-4-6-13-2;1-10(6-13-7-10)8-14-9(11)4-3-5-12-2;1-9(5-12-6-9)7-13-8(10)3-4-11-2;1-8(4-11-5-8)6-12-7(9)3-10-2/h3-12H2,1-2H3;3-11H2,1-2H3;3-11H2,1-2H3;3-10H2,1-2H3;3-10H2,1-2H3;3-9H2,1-2H3;3-8H2,1-2H3;3-7H2,1-2H3;3-6H2,1-2H3. The first kappa shape index (κ1) is 128. The summed E-state index contributed by atoms with van der Waals surface area (Å²) in [6.45, 7) is 45.7. The first-order valence-electron chi connectivity index (χ1n) is 50.2. The lowest BCUT2D eigenvalue weighted by atomic mass is 9.84. The van der Waals surface area contributed by atoms with Crippen LogP contribution >= 0.6 is 0 Å². The fraction of sp³-hybridized carbons (Fsp3) is 0.912. The normalized spacial score (nSPS) is 18.3. The van der Waals surface area contributed by atoms with Crippen LogP contribution < -0.4 is 0 Å². The number of esters is 9. The summed E-state index contributed by atoms with van der Waals surface area (Å²) < 4.78 is 122. The van der Waals surface area contributed by atoms with E-state index < -0.39 is 0 Å². The van der Waals surface area contributed by atoms with Crippen LogP contribution in [0, 0.1) is 48.7 Å². The number of ether oxygens (including phenoxy) is 24. The van der Waals surface area contributed by atoms with Gasteiger partial charge in [0.15, 0.2) is 0 Å². The molecule has 9 fully saturated rings. The molecule has 0 aromatic heterocycles. The molecular weight excluding hydrogens is 1750 g/mol. The van der Waals surface area contributed by atoms with Crippen molar-refractivity contribution in [1.82, 2.24) is 0 Å². The maximum atomic E-state index is 11.5. The van der Waals surface area contributed by atoms with Gasteiger partial charge in [0.1, 0.15) is 66.1 Å². The SMILES string of the molecule is CCCCCC(=O)OCC1(CC)COC1.CCCCCCC(=O)OCC1(CC)COC1.CCCCCCCC(=O)OCC1(CC)COC1.COCC(=O)OCC1(C)COC1.COCCC(=O)OCC1(C)COC1.COCCCC(=O)OCC1(C)COC1.COCCCCC(=O)OCC1(C)COC1.COCCCCCC(=O)OCC1(C)COC1.COCCCCCCC(=O)OCC1(C)COC1. The molecule has 0 N–H and O–H groups in total. The lowest BCUT2D eigenvalue weighted by Gasteiger charge is -2.39. The third kappa shape index (κ3) is 63.2. The van der Waals surface area contributed by atoms with Gasteiger partial charge in [-0.25, -0.2) is 4.79 Å². The monoisotopic (exact) mass is 1940 g/mol. The minimum Gasteiger partial charge on any atom is -0.465 e. The lowest BCUT2D eigenvalue weighted by Crippen LogP contribution is -2.46. The van der Waals surface area contributed by atoms with Crippen molar-refractivity contribution in [3.63, 3.8) is 0 Å². The molecule has 0 bridgehead atoms. The molecule has 0 spiro atoms. The van der Waals surface area contributed by atoms with E-state index in [1.807, 2.05) is 13.8 Å². The predicted octanol–water partition coefficient (Wildman–Crippen LogP) is 15.9. The van der Waals surface area contributed by atoms with Gasteiger partial charge in [0, 0.05) is 147 Å². The average Bonchev–Trinajstić information content (AvgIpc) is 0.799. The van der Waals surface area contributed by atoms with E-state index in [0.717, 1.165) is 181 Å². The fourth-order valence-corrected chi connectivity index (χ4v) is 13.2. The van der Waals surface area contributed by atoms with Crippen molar-refractivity contribution < 1.29 is 157 Å². The quantitative estimate of drug-likeness (QED) is 0.0310. The van der Waals surface area contributed by atoms with E-state index in [1.54, 1.807) is 35.5 Å². The lowest BCUT2D eigenvalue weighted by molar-refractivity contribution is -0.171. The topological polar surface area (TPSA) is 375 Å². The van der Waals surface area contributed by atoms with Gasteiger partial charge in [-0.2, -0.15) is 0 Å². The Morgan fingerprint density at radius 3 is 0.593 bits per heavy atom. The zero-order valence-corrected chi connectivity index (χ0v) is 87.1. The molecule has 0 saturated carbocycles. The van der Waals surface area contributed by atoms with Crippen LogP contribution in [0.4, 0.5) is 0 Å². The minimum absolute atomic E-state index is 0.0247. The second-order valence-corrected chi connectivity index (χ2v) is 39.9. The van der Waals surface area contributed by atoms with Gasteiger partial charge in [-0.3, -0.25) is 38.4 Å². The van der Waals surface area contributed by atoms with E-state index in [0.29, 0.717) is 210 Å². The Morgan fingerprint density at radius 1 is 0.193 bits per heavy atom. The molecule has 9 rings (SSSR count). The van der Waals surface area contributed by atoms with Crippen molar-refractivity contribution in [1.29, 1.82) is 0 Å². The summed E-state index contributed by atoms with van der Waals surface area (Å²) >= 11 is 0. The van der Waals surface area contributed by atoms with E-state index in [1.165, 1.54) is 39.2 Å². The maximum Gasteiger partial charge on any atom is 0.332 e. The smallest absolute Gasteiger partial charge is 0.332 e. The molecule has 0 radical (unpaired) electrons. The van der Waals surface area contributed by atoms with E-state index in [4.69, 9.17) is 109 Å². The Hall–Kier alpha value is -5.37. The van der Waals surface area contributed by atoms with Gasteiger partial charge in [0.2, 0.25) is 0 Å². The number of hydrogen-bond acceptors (Lipinski definition) is 33. The maximum absolute atomic E-state index is 11.5. The summed E-state index contributed by atoms with van der Waals surface area (Å²) in [7, 11) is 9.72. The van der Waals surface area contributed by atoms with Crippen molar-refractivity contribution in [2.45, 2.75) is 295 Å². The first-order chi connectivity index (χ1) is 64.6. The highest BCUT2D eigenvalue weighted by Gasteiger charge is 2.43. The summed E-state index contributed by atoms with van der Waals surface area (Å²) in [6, 6.07) is 0. The Labute approximate surface area is 811 Å². The Morgan fingerprint density at radius 2 is 0.370 bits per heavy atom. The van der Waals surface area contributed by atoms with Crippen LogP contribution in [0.15, 0.2) is 0 Å². The van der Waals surface area contributed by atoms with Crippen LogP contribution in [0.25, 0.3) is 0 Å². The zero-order valence-electron chi connectivity index (χ0n) is 87.1. The third-order valence-electron chi connectivity index (χ3n) is 24.1. The molecule has 0 aliphatic carbocycles. The van der Waals surface area contributed by atoms with E-state index in [-0.39, 0.29) is 109 Å². The molecule has 0 aromatic carbocycles. The van der Waals surface area contributed by atoms with Gasteiger partial charge in [-0.15, -0.1) is 0 Å². The Balaban J connectivity index is 0.000000761. The molecule has 792 valence electrons. The highest BCUT2D eigenvalue weighted by Crippen LogP contribution is 2.36. The highest BCUT2D eigenvalue weighted by molar-refractivity contribution is 5.72. The molecule has 9 aliphatic rings. The molecule has 9 heterocycles. The van der Waals surface area contributed by atoms with Gasteiger partial charge in [0.25, 0.3) is 0 Å². The molecule has 33 nitrogen and oxygen atoms in total. The summed E-state index contributed by atoms with van der Waals surface area (Å²) in [5.74, 6) is -1.08. The van der Waals surface area contributed by atoms with E-state index >= 15 is 0 Å².